The molecule has 1 aliphatic heterocycles. The van der Waals surface area contributed by atoms with E-state index in [9.17, 15) is 24.0 Å². The molecule has 11 heteroatoms. The van der Waals surface area contributed by atoms with E-state index in [4.69, 9.17) is 33.7 Å². The van der Waals surface area contributed by atoms with Gasteiger partial charge in [0.25, 0.3) is 17.7 Å². The van der Waals surface area contributed by atoms with Crippen molar-refractivity contribution in [2.45, 2.75) is 26.0 Å². The molecule has 2 rings (SSSR count). The summed E-state index contributed by atoms with van der Waals surface area (Å²) in [6, 6.07) is 0.0322. The van der Waals surface area contributed by atoms with Crippen molar-refractivity contribution in [2.75, 3.05) is 0 Å². The van der Waals surface area contributed by atoms with Gasteiger partial charge in [-0.3, -0.25) is 24.6 Å². The Morgan fingerprint density at radius 1 is 1.08 bits per heavy atom. The molecule has 1 heterocycles. The molecule has 138 valence electrons. The van der Waals surface area contributed by atoms with E-state index in [0.29, 0.717) is 4.90 Å². The van der Waals surface area contributed by atoms with Crippen LogP contribution >= 0.6 is 23.2 Å². The second kappa shape index (κ2) is 7.30. The molecule has 1 aliphatic rings. The molecular weight excluding hydrogens is 389 g/mol. The zero-order chi connectivity index (χ0) is 19.8. The van der Waals surface area contributed by atoms with Crippen LogP contribution in [0.1, 0.15) is 34.6 Å². The normalized spacial score (nSPS) is 15.3. The Hall–Kier alpha value is -2.65. The summed E-state index contributed by atoms with van der Waals surface area (Å²) in [7, 11) is 0. The van der Waals surface area contributed by atoms with E-state index < -0.39 is 41.9 Å². The van der Waals surface area contributed by atoms with Crippen molar-refractivity contribution >= 4 is 52.9 Å². The molecule has 5 amide bonds. The number of hydrogen-bond donors (Lipinski definition) is 2. The SMILES string of the molecule is C[C@@H](OC(=O)[C@H](C)N1C(=O)c2cc(Cl)c(Cl)cc2C1=O)C(=O)NC(N)=O. The van der Waals surface area contributed by atoms with Crippen molar-refractivity contribution < 1.29 is 28.7 Å². The molecule has 0 bridgehead atoms. The highest BCUT2D eigenvalue weighted by Gasteiger charge is 2.42. The standard InChI is InChI=1S/C15H13Cl2N3O6/c1-5(14(24)26-6(2)11(21)19-15(18)25)20-12(22)7-3-9(16)10(17)4-8(7)13(20)23/h3-6H,1-2H3,(H3,18,19,21,25)/t5-,6+/m0/s1. The van der Waals surface area contributed by atoms with E-state index in [-0.39, 0.29) is 21.2 Å². The number of fused-ring (bicyclic) bond motifs is 1. The Kier molecular flexibility index (Phi) is 5.53. The lowest BCUT2D eigenvalue weighted by Gasteiger charge is -2.22. The number of carbonyl (C=O) groups is 5. The highest BCUT2D eigenvalue weighted by molar-refractivity contribution is 6.43. The maximum absolute atomic E-state index is 12.4. The highest BCUT2D eigenvalue weighted by Crippen LogP contribution is 2.32. The second-order valence-corrected chi connectivity index (χ2v) is 6.22. The summed E-state index contributed by atoms with van der Waals surface area (Å²) >= 11 is 11.7. The minimum absolute atomic E-state index is 0.00331. The maximum atomic E-state index is 12.4. The van der Waals surface area contributed by atoms with Gasteiger partial charge in [0.1, 0.15) is 6.04 Å². The molecule has 0 radical (unpaired) electrons. The van der Waals surface area contributed by atoms with E-state index in [1.54, 1.807) is 5.32 Å². The van der Waals surface area contributed by atoms with Gasteiger partial charge < -0.3 is 10.5 Å². The van der Waals surface area contributed by atoms with Crippen LogP contribution in [0.4, 0.5) is 4.79 Å². The zero-order valence-electron chi connectivity index (χ0n) is 13.5. The Bertz CT molecular complexity index is 800. The first kappa shape index (κ1) is 19.7. The van der Waals surface area contributed by atoms with Crippen LogP contribution < -0.4 is 11.1 Å². The summed E-state index contributed by atoms with van der Waals surface area (Å²) in [6.07, 6.45) is -1.36. The lowest BCUT2D eigenvalue weighted by Crippen LogP contribution is -2.47. The molecule has 0 saturated heterocycles. The number of esters is 1. The van der Waals surface area contributed by atoms with Crippen molar-refractivity contribution in [3.05, 3.63) is 33.3 Å². The van der Waals surface area contributed by atoms with Gasteiger partial charge in [0.15, 0.2) is 6.10 Å². The molecule has 1 aromatic rings. The Balaban J connectivity index is 2.17. The van der Waals surface area contributed by atoms with E-state index >= 15 is 0 Å². The molecule has 0 aromatic heterocycles. The van der Waals surface area contributed by atoms with E-state index in [0.717, 1.165) is 0 Å². The van der Waals surface area contributed by atoms with Crippen molar-refractivity contribution in [2.24, 2.45) is 5.73 Å². The van der Waals surface area contributed by atoms with Gasteiger partial charge in [-0.15, -0.1) is 0 Å². The van der Waals surface area contributed by atoms with Crippen LogP contribution in [-0.2, 0) is 14.3 Å². The number of nitrogens with one attached hydrogen (secondary N) is 1. The molecule has 3 N–H and O–H groups in total. The van der Waals surface area contributed by atoms with Gasteiger partial charge in [0.05, 0.1) is 21.2 Å². The molecule has 2 atom stereocenters. The van der Waals surface area contributed by atoms with Crippen LogP contribution in [0, 0.1) is 0 Å². The van der Waals surface area contributed by atoms with Crippen molar-refractivity contribution in [1.29, 1.82) is 0 Å². The third-order valence-electron chi connectivity index (χ3n) is 3.60. The van der Waals surface area contributed by atoms with Gasteiger partial charge in [-0.05, 0) is 26.0 Å². The number of halogens is 2. The number of benzene rings is 1. The van der Waals surface area contributed by atoms with E-state index in [1.165, 1.54) is 26.0 Å². The fourth-order valence-corrected chi connectivity index (χ4v) is 2.59. The number of nitrogens with two attached hydrogens (primary N) is 1. The molecular formula is C15H13Cl2N3O6. The molecule has 0 spiro atoms. The van der Waals surface area contributed by atoms with Gasteiger partial charge >= 0.3 is 12.0 Å². The smallest absolute Gasteiger partial charge is 0.329 e. The molecule has 9 nitrogen and oxygen atoms in total. The predicted molar refractivity (Wildman–Crippen MR) is 89.7 cm³/mol. The monoisotopic (exact) mass is 401 g/mol. The number of hydrogen-bond acceptors (Lipinski definition) is 6. The first-order chi connectivity index (χ1) is 12.0. The summed E-state index contributed by atoms with van der Waals surface area (Å²) in [5, 5.41) is 1.91. The number of nitrogens with zero attached hydrogens (tertiary/aromatic N) is 1. The number of rotatable bonds is 4. The van der Waals surface area contributed by atoms with Crippen molar-refractivity contribution in [1.82, 2.24) is 10.2 Å². The third-order valence-corrected chi connectivity index (χ3v) is 4.32. The third kappa shape index (κ3) is 3.63. The molecule has 26 heavy (non-hydrogen) atoms. The number of ether oxygens (including phenoxy) is 1. The number of urea groups is 1. The van der Waals surface area contributed by atoms with Crippen LogP contribution in [0.2, 0.25) is 10.0 Å². The van der Waals surface area contributed by atoms with Crippen molar-refractivity contribution in [3.8, 4) is 0 Å². The zero-order valence-corrected chi connectivity index (χ0v) is 15.1. The predicted octanol–water partition coefficient (Wildman–Crippen LogP) is 1.10. The fraction of sp³-hybridized carbons (Fsp3) is 0.267. The van der Waals surface area contributed by atoms with Crippen LogP contribution in [0.25, 0.3) is 0 Å². The number of imide groups is 2. The highest BCUT2D eigenvalue weighted by atomic mass is 35.5. The van der Waals surface area contributed by atoms with Crippen LogP contribution in [0.15, 0.2) is 12.1 Å². The van der Waals surface area contributed by atoms with Gasteiger partial charge in [0, 0.05) is 0 Å². The molecule has 0 unspecified atom stereocenters. The summed E-state index contributed by atoms with van der Waals surface area (Å²) in [5.41, 5.74) is 4.81. The number of amides is 5. The van der Waals surface area contributed by atoms with Gasteiger partial charge in [-0.25, -0.2) is 9.59 Å². The Morgan fingerprint density at radius 2 is 1.54 bits per heavy atom. The van der Waals surface area contributed by atoms with E-state index in [1.807, 2.05) is 0 Å². The van der Waals surface area contributed by atoms with Crippen molar-refractivity contribution in [3.63, 3.8) is 0 Å². The summed E-state index contributed by atoms with van der Waals surface area (Å²) in [6.45, 7) is 2.46. The molecule has 0 aliphatic carbocycles. The maximum Gasteiger partial charge on any atom is 0.329 e. The van der Waals surface area contributed by atoms with Gasteiger partial charge in [-0.1, -0.05) is 23.2 Å². The summed E-state index contributed by atoms with van der Waals surface area (Å²) < 4.78 is 4.87. The Labute approximate surface area is 157 Å². The average Bonchev–Trinajstić information content (AvgIpc) is 2.77. The number of primary amides is 1. The quantitative estimate of drug-likeness (QED) is 0.572. The summed E-state index contributed by atoms with van der Waals surface area (Å²) in [4.78, 5) is 59.9. The first-order valence-corrected chi connectivity index (χ1v) is 7.98. The van der Waals surface area contributed by atoms with Gasteiger partial charge in [-0.2, -0.15) is 0 Å². The minimum atomic E-state index is -1.36. The van der Waals surface area contributed by atoms with E-state index in [2.05, 4.69) is 0 Å². The lowest BCUT2D eigenvalue weighted by molar-refractivity contribution is -0.157. The first-order valence-electron chi connectivity index (χ1n) is 7.22. The lowest BCUT2D eigenvalue weighted by atomic mass is 10.1. The van der Waals surface area contributed by atoms with Crippen LogP contribution in [0.3, 0.4) is 0 Å². The largest absolute Gasteiger partial charge is 0.451 e. The molecule has 1 aromatic carbocycles. The fourth-order valence-electron chi connectivity index (χ4n) is 2.26. The Morgan fingerprint density at radius 3 is 1.96 bits per heavy atom. The van der Waals surface area contributed by atoms with Gasteiger partial charge in [0.2, 0.25) is 0 Å². The minimum Gasteiger partial charge on any atom is -0.451 e. The molecule has 0 fully saturated rings. The van der Waals surface area contributed by atoms with Crippen LogP contribution in [-0.4, -0.2) is 46.8 Å². The topological polar surface area (TPSA) is 136 Å². The number of carbonyl (C=O) groups excluding carboxylic acids is 5. The average molecular weight is 402 g/mol. The van der Waals surface area contributed by atoms with Crippen LogP contribution in [0.5, 0.6) is 0 Å². The summed E-state index contributed by atoms with van der Waals surface area (Å²) in [5.74, 6) is -3.47. The second-order valence-electron chi connectivity index (χ2n) is 5.40. The molecule has 0 saturated carbocycles.